The van der Waals surface area contributed by atoms with Gasteiger partial charge in [0.05, 0.1) is 9.75 Å². The van der Waals surface area contributed by atoms with Crippen molar-refractivity contribution in [2.45, 2.75) is 0 Å². The van der Waals surface area contributed by atoms with Crippen LogP contribution in [-0.4, -0.2) is 0 Å². The molecule has 0 saturated heterocycles. The maximum Gasteiger partial charge on any atom is 0.0843 e. The Bertz CT molecular complexity index is 746. The monoisotopic (exact) mass is 290 g/mol. The van der Waals surface area contributed by atoms with Crippen molar-refractivity contribution in [2.24, 2.45) is 0 Å². The zero-order valence-corrected chi connectivity index (χ0v) is 12.2. The zero-order chi connectivity index (χ0) is 13.9. The van der Waals surface area contributed by atoms with Gasteiger partial charge in [0, 0.05) is 11.1 Å². The summed E-state index contributed by atoms with van der Waals surface area (Å²) >= 11 is 3.18. The molecular formula is C18H10S2. The van der Waals surface area contributed by atoms with Crippen molar-refractivity contribution in [3.05, 3.63) is 56.9 Å². The zero-order valence-electron chi connectivity index (χ0n) is 10.6. The van der Waals surface area contributed by atoms with Crippen LogP contribution in [0.15, 0.2) is 47.2 Å². The lowest BCUT2D eigenvalue weighted by Gasteiger charge is -2.03. The first kappa shape index (κ1) is 12.8. The van der Waals surface area contributed by atoms with Crippen LogP contribution in [0.2, 0.25) is 0 Å². The van der Waals surface area contributed by atoms with Gasteiger partial charge >= 0.3 is 0 Å². The highest BCUT2D eigenvalue weighted by molar-refractivity contribution is 7.11. The Balaban J connectivity index is 2.01. The van der Waals surface area contributed by atoms with E-state index in [9.17, 15) is 0 Å². The highest BCUT2D eigenvalue weighted by Gasteiger charge is 2.07. The lowest BCUT2D eigenvalue weighted by molar-refractivity contribution is 1.64. The van der Waals surface area contributed by atoms with Crippen LogP contribution in [-0.2, 0) is 0 Å². The Hall–Kier alpha value is -2.26. The van der Waals surface area contributed by atoms with E-state index in [1.165, 1.54) is 0 Å². The molecule has 0 N–H and O–H groups in total. The fourth-order valence-electron chi connectivity index (χ4n) is 2.13. The number of thiophene rings is 2. The van der Waals surface area contributed by atoms with Crippen LogP contribution in [0, 0.1) is 24.7 Å². The Morgan fingerprint density at radius 2 is 1.05 bits per heavy atom. The summed E-state index contributed by atoms with van der Waals surface area (Å²) in [5.74, 6) is 5.46. The van der Waals surface area contributed by atoms with Crippen LogP contribution >= 0.6 is 22.7 Å². The van der Waals surface area contributed by atoms with Crippen molar-refractivity contribution in [2.75, 3.05) is 0 Å². The van der Waals surface area contributed by atoms with Gasteiger partial charge in [0.25, 0.3) is 0 Å². The van der Waals surface area contributed by atoms with Crippen molar-refractivity contribution >= 4 is 22.7 Å². The summed E-state index contributed by atoms with van der Waals surface area (Å²) in [6.07, 6.45) is 11.0. The fraction of sp³-hybridized carbons (Fsp3) is 0. The molecule has 20 heavy (non-hydrogen) atoms. The Kier molecular flexibility index (Phi) is 3.44. The topological polar surface area (TPSA) is 0 Å². The molecule has 0 aliphatic carbocycles. The van der Waals surface area contributed by atoms with Crippen LogP contribution in [0.4, 0.5) is 0 Å². The van der Waals surface area contributed by atoms with E-state index < -0.39 is 0 Å². The van der Waals surface area contributed by atoms with E-state index in [0.717, 1.165) is 32.0 Å². The third kappa shape index (κ3) is 2.17. The normalized spacial score (nSPS) is 9.90. The predicted octanol–water partition coefficient (Wildman–Crippen LogP) is 5.11. The molecule has 2 aromatic heterocycles. The standard InChI is InChI=1S/C18H10S2/c1-3-17-15(9-11-19-17)13-5-7-14(8-6-13)16-10-12-20-18(16)4-2/h1-2,5-12H. The first-order valence-corrected chi connectivity index (χ1v) is 7.78. The largest absolute Gasteiger partial charge is 0.135 e. The van der Waals surface area contributed by atoms with E-state index >= 15 is 0 Å². The summed E-state index contributed by atoms with van der Waals surface area (Å²) < 4.78 is 0. The second-order valence-electron chi connectivity index (χ2n) is 4.19. The molecule has 3 aromatic rings. The molecule has 0 bridgehead atoms. The second-order valence-corrected chi connectivity index (χ2v) is 6.03. The minimum absolute atomic E-state index is 0.970. The van der Waals surface area contributed by atoms with Gasteiger partial charge in [-0.2, -0.15) is 0 Å². The van der Waals surface area contributed by atoms with E-state index in [-0.39, 0.29) is 0 Å². The van der Waals surface area contributed by atoms with Gasteiger partial charge in [0.2, 0.25) is 0 Å². The number of benzene rings is 1. The van der Waals surface area contributed by atoms with Gasteiger partial charge in [-0.05, 0) is 34.0 Å². The van der Waals surface area contributed by atoms with Crippen LogP contribution in [0.1, 0.15) is 9.75 Å². The lowest BCUT2D eigenvalue weighted by atomic mass is 10.0. The molecule has 0 aliphatic heterocycles. The number of terminal acetylenes is 2. The average Bonchev–Trinajstić information content (AvgIpc) is 3.15. The van der Waals surface area contributed by atoms with Crippen molar-refractivity contribution < 1.29 is 0 Å². The van der Waals surface area contributed by atoms with Gasteiger partial charge in [0.15, 0.2) is 0 Å². The summed E-state index contributed by atoms with van der Waals surface area (Å²) in [5.41, 5.74) is 4.51. The van der Waals surface area contributed by atoms with Gasteiger partial charge in [-0.3, -0.25) is 0 Å². The average molecular weight is 290 g/mol. The lowest BCUT2D eigenvalue weighted by Crippen LogP contribution is -1.80. The molecule has 0 amide bonds. The van der Waals surface area contributed by atoms with Gasteiger partial charge in [-0.25, -0.2) is 0 Å². The number of rotatable bonds is 2. The maximum atomic E-state index is 5.52. The van der Waals surface area contributed by atoms with Crippen molar-refractivity contribution in [1.29, 1.82) is 0 Å². The van der Waals surface area contributed by atoms with E-state index in [4.69, 9.17) is 12.8 Å². The Morgan fingerprint density at radius 3 is 1.40 bits per heavy atom. The van der Waals surface area contributed by atoms with Crippen LogP contribution < -0.4 is 0 Å². The predicted molar refractivity (Wildman–Crippen MR) is 88.9 cm³/mol. The summed E-state index contributed by atoms with van der Waals surface area (Å²) in [6, 6.07) is 12.5. The van der Waals surface area contributed by atoms with Crippen LogP contribution in [0.25, 0.3) is 22.3 Å². The third-order valence-electron chi connectivity index (χ3n) is 3.10. The first-order chi connectivity index (χ1) is 9.83. The molecule has 0 radical (unpaired) electrons. The summed E-state index contributed by atoms with van der Waals surface area (Å²) in [5, 5.41) is 4.04. The minimum atomic E-state index is 0.970. The fourth-order valence-corrected chi connectivity index (χ4v) is 3.57. The van der Waals surface area contributed by atoms with Gasteiger partial charge in [-0.15, -0.1) is 35.5 Å². The quantitative estimate of drug-likeness (QED) is 0.576. The first-order valence-electron chi connectivity index (χ1n) is 6.02. The molecule has 0 saturated carbocycles. The molecule has 0 fully saturated rings. The molecule has 1 aromatic carbocycles. The van der Waals surface area contributed by atoms with Crippen LogP contribution in [0.3, 0.4) is 0 Å². The van der Waals surface area contributed by atoms with Crippen molar-refractivity contribution in [1.82, 2.24) is 0 Å². The molecule has 94 valence electrons. The molecular weight excluding hydrogens is 280 g/mol. The smallest absolute Gasteiger partial charge is 0.0843 e. The van der Waals surface area contributed by atoms with E-state index in [1.54, 1.807) is 22.7 Å². The van der Waals surface area contributed by atoms with Crippen LogP contribution in [0.5, 0.6) is 0 Å². The Morgan fingerprint density at radius 1 is 0.650 bits per heavy atom. The minimum Gasteiger partial charge on any atom is -0.135 e. The number of hydrogen-bond acceptors (Lipinski definition) is 2. The van der Waals surface area contributed by atoms with E-state index in [1.807, 2.05) is 10.8 Å². The van der Waals surface area contributed by atoms with E-state index in [2.05, 4.69) is 48.2 Å². The Labute approximate surface area is 126 Å². The summed E-state index contributed by atoms with van der Waals surface area (Å²) in [7, 11) is 0. The molecule has 0 atom stereocenters. The summed E-state index contributed by atoms with van der Waals surface area (Å²) in [6.45, 7) is 0. The SMILES string of the molecule is C#Cc1sccc1-c1ccc(-c2ccsc2C#C)cc1. The molecule has 0 nitrogen and oxygen atoms in total. The highest BCUT2D eigenvalue weighted by atomic mass is 32.1. The molecule has 0 unspecified atom stereocenters. The molecule has 2 heteroatoms. The molecule has 2 heterocycles. The third-order valence-corrected chi connectivity index (χ3v) is 4.79. The number of hydrogen-bond donors (Lipinski definition) is 0. The van der Waals surface area contributed by atoms with E-state index in [0.29, 0.717) is 0 Å². The van der Waals surface area contributed by atoms with Gasteiger partial charge in [0.1, 0.15) is 0 Å². The molecule has 0 aliphatic rings. The highest BCUT2D eigenvalue weighted by Crippen LogP contribution is 2.32. The second kappa shape index (κ2) is 5.39. The van der Waals surface area contributed by atoms with Crippen molar-refractivity contribution in [3.63, 3.8) is 0 Å². The molecule has 0 spiro atoms. The van der Waals surface area contributed by atoms with Gasteiger partial charge < -0.3 is 0 Å². The van der Waals surface area contributed by atoms with Crippen molar-refractivity contribution in [3.8, 4) is 46.9 Å². The van der Waals surface area contributed by atoms with Gasteiger partial charge in [-0.1, -0.05) is 36.1 Å². The molecule has 3 rings (SSSR count). The summed E-state index contributed by atoms with van der Waals surface area (Å²) in [4.78, 5) is 1.94. The maximum absolute atomic E-state index is 5.52.